The molecule has 0 atom stereocenters. The first-order valence-electron chi connectivity index (χ1n) is 10.7. The van der Waals surface area contributed by atoms with Gasteiger partial charge in [-0.05, 0) is 59.3 Å². The maximum Gasteiger partial charge on any atom is 0.262 e. The van der Waals surface area contributed by atoms with Gasteiger partial charge in [0, 0.05) is 11.3 Å². The Labute approximate surface area is 195 Å². The molecule has 0 unspecified atom stereocenters. The molecule has 170 valence electrons. The number of methoxy groups -OCH3 is 2. The minimum absolute atomic E-state index is 0.105. The van der Waals surface area contributed by atoms with Crippen LogP contribution in [0.5, 0.6) is 17.2 Å². The Morgan fingerprint density at radius 1 is 0.882 bits per heavy atom. The van der Waals surface area contributed by atoms with Crippen molar-refractivity contribution >= 4 is 33.5 Å². The van der Waals surface area contributed by atoms with Crippen molar-refractivity contribution in [2.24, 2.45) is 0 Å². The van der Waals surface area contributed by atoms with Gasteiger partial charge in [-0.3, -0.25) is 4.79 Å². The molecule has 5 aromatic rings. The molecule has 5 rings (SSSR count). The number of fused-ring (bicyclic) bond motifs is 2. The van der Waals surface area contributed by atoms with Crippen LogP contribution in [0.2, 0.25) is 0 Å². The number of carbonyl (C=O) groups excluding carboxylic acids is 1. The van der Waals surface area contributed by atoms with Crippen LogP contribution in [0.4, 0.5) is 5.69 Å². The van der Waals surface area contributed by atoms with E-state index in [1.54, 1.807) is 44.6 Å². The molecule has 0 bridgehead atoms. The van der Waals surface area contributed by atoms with E-state index in [2.05, 4.69) is 10.3 Å². The van der Waals surface area contributed by atoms with E-state index in [4.69, 9.17) is 18.6 Å². The molecule has 0 aliphatic heterocycles. The summed E-state index contributed by atoms with van der Waals surface area (Å²) in [5.74, 6) is 2.02. The average molecular weight is 454 g/mol. The fourth-order valence-electron chi connectivity index (χ4n) is 3.70. The van der Waals surface area contributed by atoms with Gasteiger partial charge in [-0.2, -0.15) is 0 Å². The molecule has 1 N–H and O–H groups in total. The fourth-order valence-corrected chi connectivity index (χ4v) is 3.70. The third-order valence-electron chi connectivity index (χ3n) is 5.39. The molecule has 1 amide bonds. The van der Waals surface area contributed by atoms with Crippen LogP contribution >= 0.6 is 0 Å². The summed E-state index contributed by atoms with van der Waals surface area (Å²) in [6.07, 6.45) is 0. The van der Waals surface area contributed by atoms with E-state index in [1.165, 1.54) is 0 Å². The number of hydrogen-bond acceptors (Lipinski definition) is 6. The number of nitrogens with one attached hydrogen (secondary N) is 1. The standard InChI is InChI=1S/C27H22N2O5/c1-31-24-11-8-19(14-25(24)32-2)27-29-22-15-20(9-12-23(22)34-27)28-26(30)16-33-21-10-7-17-5-3-4-6-18(17)13-21/h3-15H,16H2,1-2H3,(H,28,30). The molecular weight excluding hydrogens is 432 g/mol. The van der Waals surface area contributed by atoms with E-state index in [1.807, 2.05) is 48.5 Å². The Morgan fingerprint density at radius 3 is 2.53 bits per heavy atom. The van der Waals surface area contributed by atoms with E-state index in [-0.39, 0.29) is 12.5 Å². The molecule has 4 aromatic carbocycles. The summed E-state index contributed by atoms with van der Waals surface area (Å²) >= 11 is 0. The second-order valence-electron chi connectivity index (χ2n) is 7.62. The summed E-state index contributed by atoms with van der Waals surface area (Å²) in [7, 11) is 3.16. The molecule has 0 aliphatic rings. The second-order valence-corrected chi connectivity index (χ2v) is 7.62. The van der Waals surface area contributed by atoms with Gasteiger partial charge in [0.2, 0.25) is 5.89 Å². The van der Waals surface area contributed by atoms with Gasteiger partial charge >= 0.3 is 0 Å². The summed E-state index contributed by atoms with van der Waals surface area (Å²) in [6, 6.07) is 24.5. The summed E-state index contributed by atoms with van der Waals surface area (Å²) in [6.45, 7) is -0.105. The topological polar surface area (TPSA) is 82.8 Å². The first-order chi connectivity index (χ1) is 16.6. The van der Waals surface area contributed by atoms with Crippen molar-refractivity contribution in [2.75, 3.05) is 26.1 Å². The predicted molar refractivity (Wildman–Crippen MR) is 131 cm³/mol. The largest absolute Gasteiger partial charge is 0.493 e. The van der Waals surface area contributed by atoms with Crippen molar-refractivity contribution in [1.82, 2.24) is 4.98 Å². The van der Waals surface area contributed by atoms with Crippen molar-refractivity contribution in [2.45, 2.75) is 0 Å². The molecular formula is C27H22N2O5. The van der Waals surface area contributed by atoms with Crippen molar-refractivity contribution in [3.05, 3.63) is 78.9 Å². The number of anilines is 1. The van der Waals surface area contributed by atoms with Crippen LogP contribution in [-0.2, 0) is 4.79 Å². The van der Waals surface area contributed by atoms with E-state index < -0.39 is 0 Å². The molecule has 34 heavy (non-hydrogen) atoms. The molecule has 7 nitrogen and oxygen atoms in total. The zero-order chi connectivity index (χ0) is 23.5. The maximum absolute atomic E-state index is 12.4. The molecule has 0 saturated carbocycles. The molecule has 7 heteroatoms. The zero-order valence-electron chi connectivity index (χ0n) is 18.7. The van der Waals surface area contributed by atoms with Gasteiger partial charge in [0.05, 0.1) is 14.2 Å². The van der Waals surface area contributed by atoms with Crippen LogP contribution in [0.25, 0.3) is 33.3 Å². The lowest BCUT2D eigenvalue weighted by molar-refractivity contribution is -0.118. The molecule has 0 saturated heterocycles. The Kier molecular flexibility index (Phi) is 5.74. The van der Waals surface area contributed by atoms with E-state index >= 15 is 0 Å². The summed E-state index contributed by atoms with van der Waals surface area (Å²) in [5, 5.41) is 5.02. The second kappa shape index (κ2) is 9.15. The van der Waals surface area contributed by atoms with Crippen LogP contribution in [0, 0.1) is 0 Å². The Balaban J connectivity index is 1.28. The number of oxazole rings is 1. The number of carbonyl (C=O) groups is 1. The summed E-state index contributed by atoms with van der Waals surface area (Å²) in [4.78, 5) is 17.0. The first-order valence-corrected chi connectivity index (χ1v) is 10.7. The highest BCUT2D eigenvalue weighted by atomic mass is 16.5. The molecule has 0 fully saturated rings. The quantitative estimate of drug-likeness (QED) is 0.341. The van der Waals surface area contributed by atoms with E-state index in [0.717, 1.165) is 16.3 Å². The van der Waals surface area contributed by atoms with Gasteiger partial charge in [-0.25, -0.2) is 4.98 Å². The number of rotatable bonds is 7. The predicted octanol–water partition coefficient (Wildman–Crippen LogP) is 5.68. The van der Waals surface area contributed by atoms with Crippen molar-refractivity contribution < 1.29 is 23.4 Å². The number of hydrogen-bond donors (Lipinski definition) is 1. The van der Waals surface area contributed by atoms with Crippen molar-refractivity contribution in [3.8, 4) is 28.7 Å². The average Bonchev–Trinajstić information content (AvgIpc) is 3.30. The van der Waals surface area contributed by atoms with Crippen molar-refractivity contribution in [1.29, 1.82) is 0 Å². The molecule has 0 radical (unpaired) electrons. The van der Waals surface area contributed by atoms with Gasteiger partial charge in [-0.15, -0.1) is 0 Å². The Hall–Kier alpha value is -4.52. The first kappa shape index (κ1) is 21.3. The monoisotopic (exact) mass is 454 g/mol. The number of aromatic nitrogens is 1. The van der Waals surface area contributed by atoms with Gasteiger partial charge in [0.25, 0.3) is 5.91 Å². The third-order valence-corrected chi connectivity index (χ3v) is 5.39. The molecule has 1 heterocycles. The number of nitrogens with zero attached hydrogens (tertiary/aromatic N) is 1. The van der Waals surface area contributed by atoms with Crippen LogP contribution < -0.4 is 19.5 Å². The number of amides is 1. The Bertz CT molecular complexity index is 1490. The number of benzene rings is 4. The van der Waals surface area contributed by atoms with Gasteiger partial charge < -0.3 is 23.9 Å². The summed E-state index contributed by atoms with van der Waals surface area (Å²) < 4.78 is 22.2. The summed E-state index contributed by atoms with van der Waals surface area (Å²) in [5.41, 5.74) is 2.59. The molecule has 1 aromatic heterocycles. The number of ether oxygens (including phenoxy) is 3. The highest BCUT2D eigenvalue weighted by Crippen LogP contribution is 2.33. The fraction of sp³-hybridized carbons (Fsp3) is 0.111. The lowest BCUT2D eigenvalue weighted by atomic mass is 10.1. The highest BCUT2D eigenvalue weighted by molar-refractivity contribution is 5.94. The third kappa shape index (κ3) is 4.36. The van der Waals surface area contributed by atoms with E-state index in [9.17, 15) is 4.79 Å². The van der Waals surface area contributed by atoms with E-state index in [0.29, 0.717) is 39.9 Å². The SMILES string of the molecule is COc1ccc(-c2nc3cc(NC(=O)COc4ccc5ccccc5c4)ccc3o2)cc1OC. The lowest BCUT2D eigenvalue weighted by Crippen LogP contribution is -2.20. The van der Waals surface area contributed by atoms with Gasteiger partial charge in [0.15, 0.2) is 23.7 Å². The van der Waals surface area contributed by atoms with Crippen LogP contribution in [0.3, 0.4) is 0 Å². The smallest absolute Gasteiger partial charge is 0.262 e. The van der Waals surface area contributed by atoms with Crippen LogP contribution in [0.1, 0.15) is 0 Å². The highest BCUT2D eigenvalue weighted by Gasteiger charge is 2.13. The zero-order valence-corrected chi connectivity index (χ0v) is 18.7. The van der Waals surface area contributed by atoms with Crippen LogP contribution in [0.15, 0.2) is 83.3 Å². The minimum Gasteiger partial charge on any atom is -0.493 e. The van der Waals surface area contributed by atoms with Gasteiger partial charge in [-0.1, -0.05) is 30.3 Å². The normalized spacial score (nSPS) is 10.9. The maximum atomic E-state index is 12.4. The minimum atomic E-state index is -0.267. The molecule has 0 spiro atoms. The lowest BCUT2D eigenvalue weighted by Gasteiger charge is -2.08. The Morgan fingerprint density at radius 2 is 1.71 bits per heavy atom. The molecule has 0 aliphatic carbocycles. The van der Waals surface area contributed by atoms with Gasteiger partial charge in [0.1, 0.15) is 11.3 Å². The van der Waals surface area contributed by atoms with Crippen LogP contribution in [-0.4, -0.2) is 31.7 Å². The van der Waals surface area contributed by atoms with Crippen molar-refractivity contribution in [3.63, 3.8) is 0 Å².